The summed E-state index contributed by atoms with van der Waals surface area (Å²) in [5.41, 5.74) is 3.52. The predicted molar refractivity (Wildman–Crippen MR) is 181 cm³/mol. The van der Waals surface area contributed by atoms with Crippen LogP contribution in [0.25, 0.3) is 0 Å². The van der Waals surface area contributed by atoms with Gasteiger partial charge < -0.3 is 10.2 Å². The molecule has 0 aliphatic carbocycles. The summed E-state index contributed by atoms with van der Waals surface area (Å²) in [6.07, 6.45) is 0.860. The average molecular weight is 664 g/mol. The first-order valence-electron chi connectivity index (χ1n) is 15.1. The van der Waals surface area contributed by atoms with Gasteiger partial charge in [-0.2, -0.15) is 0 Å². The van der Waals surface area contributed by atoms with E-state index in [1.54, 1.807) is 30.3 Å². The number of nitrogens with one attached hydrogen (secondary N) is 1. The molecule has 4 aromatic carbocycles. The third-order valence-corrected chi connectivity index (χ3v) is 10.0. The fourth-order valence-corrected chi connectivity index (χ4v) is 6.46. The van der Waals surface area contributed by atoms with E-state index in [0.29, 0.717) is 22.7 Å². The number of amides is 2. The second kappa shape index (κ2) is 15.4. The van der Waals surface area contributed by atoms with Crippen molar-refractivity contribution in [1.82, 2.24) is 10.2 Å². The standard InChI is InChI=1S/C36H39ClFN3O4S/c1-5-27(4)39-36(43)34(22-28-9-7-6-8-10-28)40(23-29-12-16-31(38)17-13-29)35(42)24-41(32-18-11-25(2)26(3)21-32)46(44,45)33-19-14-30(37)15-20-33/h6-21,27,34H,5,22-24H2,1-4H3,(H,39,43)/t27-,34-/m0/s1. The Balaban J connectivity index is 1.82. The van der Waals surface area contributed by atoms with Crippen LogP contribution in [0.5, 0.6) is 0 Å². The molecule has 2 amide bonds. The van der Waals surface area contributed by atoms with E-state index in [4.69, 9.17) is 11.6 Å². The van der Waals surface area contributed by atoms with Crippen LogP contribution in [0.2, 0.25) is 5.02 Å². The van der Waals surface area contributed by atoms with Crippen molar-refractivity contribution in [3.63, 3.8) is 0 Å². The molecule has 0 heterocycles. The van der Waals surface area contributed by atoms with E-state index in [2.05, 4.69) is 5.32 Å². The van der Waals surface area contributed by atoms with Gasteiger partial charge >= 0.3 is 0 Å². The lowest BCUT2D eigenvalue weighted by molar-refractivity contribution is -0.140. The minimum Gasteiger partial charge on any atom is -0.352 e. The lowest BCUT2D eigenvalue weighted by Gasteiger charge is -2.34. The molecule has 7 nitrogen and oxygen atoms in total. The number of aryl methyl sites for hydroxylation is 2. The molecular formula is C36H39ClFN3O4S. The Morgan fingerprint density at radius 3 is 2.13 bits per heavy atom. The van der Waals surface area contributed by atoms with Gasteiger partial charge in [-0.1, -0.05) is 67.1 Å². The molecule has 0 aliphatic heterocycles. The van der Waals surface area contributed by atoms with Crippen LogP contribution in [-0.4, -0.2) is 43.8 Å². The summed E-state index contributed by atoms with van der Waals surface area (Å²) in [6.45, 7) is 6.97. The first-order chi connectivity index (χ1) is 21.9. The second-order valence-corrected chi connectivity index (χ2v) is 13.7. The molecule has 0 fully saturated rings. The monoisotopic (exact) mass is 663 g/mol. The third-order valence-electron chi connectivity index (χ3n) is 8.00. The number of halogens is 2. The number of sulfonamides is 1. The summed E-state index contributed by atoms with van der Waals surface area (Å²) < 4.78 is 43.2. The fourth-order valence-electron chi connectivity index (χ4n) is 4.92. The highest BCUT2D eigenvalue weighted by molar-refractivity contribution is 7.92. The average Bonchev–Trinajstić information content (AvgIpc) is 3.04. The molecule has 2 atom stereocenters. The van der Waals surface area contributed by atoms with Gasteiger partial charge in [-0.3, -0.25) is 13.9 Å². The van der Waals surface area contributed by atoms with Crippen molar-refractivity contribution in [1.29, 1.82) is 0 Å². The van der Waals surface area contributed by atoms with Crippen LogP contribution in [0.15, 0.2) is 102 Å². The molecule has 0 radical (unpaired) electrons. The van der Waals surface area contributed by atoms with E-state index in [0.717, 1.165) is 21.0 Å². The van der Waals surface area contributed by atoms with Crippen molar-refractivity contribution in [2.45, 2.75) is 64.1 Å². The molecule has 4 rings (SSSR count). The molecule has 0 unspecified atom stereocenters. The van der Waals surface area contributed by atoms with E-state index in [-0.39, 0.29) is 29.8 Å². The van der Waals surface area contributed by atoms with Gasteiger partial charge in [0.25, 0.3) is 10.0 Å². The Kier molecular flexibility index (Phi) is 11.6. The number of carbonyl (C=O) groups is 2. The van der Waals surface area contributed by atoms with Gasteiger partial charge in [-0.25, -0.2) is 12.8 Å². The first-order valence-corrected chi connectivity index (χ1v) is 16.9. The Bertz CT molecular complexity index is 1750. The van der Waals surface area contributed by atoms with E-state index >= 15 is 0 Å². The largest absolute Gasteiger partial charge is 0.352 e. The summed E-state index contributed by atoms with van der Waals surface area (Å²) in [4.78, 5) is 29.8. The lowest BCUT2D eigenvalue weighted by atomic mass is 10.0. The number of nitrogens with zero attached hydrogens (tertiary/aromatic N) is 2. The number of carbonyl (C=O) groups excluding carboxylic acids is 2. The Morgan fingerprint density at radius 1 is 0.870 bits per heavy atom. The molecule has 46 heavy (non-hydrogen) atoms. The van der Waals surface area contributed by atoms with Gasteiger partial charge in [0.05, 0.1) is 10.6 Å². The highest BCUT2D eigenvalue weighted by Gasteiger charge is 2.35. The van der Waals surface area contributed by atoms with Gasteiger partial charge in [0.1, 0.15) is 18.4 Å². The highest BCUT2D eigenvalue weighted by Crippen LogP contribution is 2.28. The van der Waals surface area contributed by atoms with Gasteiger partial charge in [-0.15, -0.1) is 0 Å². The smallest absolute Gasteiger partial charge is 0.264 e. The Labute approximate surface area is 276 Å². The van der Waals surface area contributed by atoms with Crippen molar-refractivity contribution >= 4 is 39.1 Å². The van der Waals surface area contributed by atoms with Crippen molar-refractivity contribution in [2.75, 3.05) is 10.8 Å². The van der Waals surface area contributed by atoms with E-state index in [9.17, 15) is 22.4 Å². The van der Waals surface area contributed by atoms with Crippen molar-refractivity contribution in [3.8, 4) is 0 Å². The van der Waals surface area contributed by atoms with Gasteiger partial charge in [-0.05, 0) is 98.0 Å². The van der Waals surface area contributed by atoms with Gasteiger partial charge in [0.15, 0.2) is 0 Å². The Morgan fingerprint density at radius 2 is 1.52 bits per heavy atom. The summed E-state index contributed by atoms with van der Waals surface area (Å²) in [6, 6.07) is 24.7. The van der Waals surface area contributed by atoms with Crippen LogP contribution in [0.1, 0.15) is 42.5 Å². The topological polar surface area (TPSA) is 86.8 Å². The van der Waals surface area contributed by atoms with Crippen LogP contribution in [-0.2, 0) is 32.6 Å². The van der Waals surface area contributed by atoms with Crippen LogP contribution in [0.3, 0.4) is 0 Å². The van der Waals surface area contributed by atoms with Crippen molar-refractivity contribution in [3.05, 3.63) is 130 Å². The Hall–Kier alpha value is -4.21. The number of hydrogen-bond acceptors (Lipinski definition) is 4. The summed E-state index contributed by atoms with van der Waals surface area (Å²) in [7, 11) is -4.26. The summed E-state index contributed by atoms with van der Waals surface area (Å²) >= 11 is 6.06. The molecule has 0 bridgehead atoms. The second-order valence-electron chi connectivity index (χ2n) is 11.4. The molecule has 0 saturated carbocycles. The van der Waals surface area contributed by atoms with Crippen LogP contribution >= 0.6 is 11.6 Å². The SMILES string of the molecule is CC[C@H](C)NC(=O)[C@H](Cc1ccccc1)N(Cc1ccc(F)cc1)C(=O)CN(c1ccc(C)c(C)c1)S(=O)(=O)c1ccc(Cl)cc1. The zero-order valence-corrected chi connectivity index (χ0v) is 28.0. The number of hydrogen-bond donors (Lipinski definition) is 1. The molecule has 242 valence electrons. The van der Waals surface area contributed by atoms with E-state index in [1.165, 1.54) is 41.3 Å². The van der Waals surface area contributed by atoms with Crippen LogP contribution in [0, 0.1) is 19.7 Å². The summed E-state index contributed by atoms with van der Waals surface area (Å²) in [5, 5.41) is 3.37. The first kappa shape index (κ1) is 34.7. The van der Waals surface area contributed by atoms with Gasteiger partial charge in [0.2, 0.25) is 11.8 Å². The van der Waals surface area contributed by atoms with Crippen molar-refractivity contribution < 1.29 is 22.4 Å². The van der Waals surface area contributed by atoms with E-state index < -0.39 is 34.3 Å². The lowest BCUT2D eigenvalue weighted by Crippen LogP contribution is -2.54. The molecule has 1 N–H and O–H groups in total. The minimum absolute atomic E-state index is 0.0386. The molecule has 4 aromatic rings. The van der Waals surface area contributed by atoms with Gasteiger partial charge in [0, 0.05) is 24.0 Å². The molecule has 0 spiro atoms. The quantitative estimate of drug-likeness (QED) is 0.170. The number of rotatable bonds is 13. The molecular weight excluding hydrogens is 625 g/mol. The zero-order valence-electron chi connectivity index (χ0n) is 26.4. The maximum absolute atomic E-state index is 14.5. The van der Waals surface area contributed by atoms with Crippen molar-refractivity contribution in [2.24, 2.45) is 0 Å². The highest BCUT2D eigenvalue weighted by atomic mass is 35.5. The summed E-state index contributed by atoms with van der Waals surface area (Å²) in [5.74, 6) is -1.40. The third kappa shape index (κ3) is 8.73. The maximum Gasteiger partial charge on any atom is 0.264 e. The minimum atomic E-state index is -4.26. The van der Waals surface area contributed by atoms with Crippen LogP contribution in [0.4, 0.5) is 10.1 Å². The maximum atomic E-state index is 14.5. The molecule has 10 heteroatoms. The number of benzene rings is 4. The normalized spacial score (nSPS) is 12.7. The zero-order chi connectivity index (χ0) is 33.4. The van der Waals surface area contributed by atoms with Crippen LogP contribution < -0.4 is 9.62 Å². The fraction of sp³-hybridized carbons (Fsp3) is 0.278. The van der Waals surface area contributed by atoms with E-state index in [1.807, 2.05) is 58.0 Å². The predicted octanol–water partition coefficient (Wildman–Crippen LogP) is 6.85. The molecule has 0 saturated heterocycles. The molecule has 0 aliphatic rings. The number of anilines is 1. The molecule has 0 aromatic heterocycles.